The molecule has 1 aromatic carbocycles. The van der Waals surface area contributed by atoms with E-state index in [4.69, 9.17) is 5.73 Å². The first kappa shape index (κ1) is 11.6. The van der Waals surface area contributed by atoms with E-state index in [-0.39, 0.29) is 0 Å². The van der Waals surface area contributed by atoms with Crippen molar-refractivity contribution >= 4 is 22.7 Å². The van der Waals surface area contributed by atoms with E-state index in [1.54, 1.807) is 0 Å². The van der Waals surface area contributed by atoms with Crippen LogP contribution in [0.25, 0.3) is 10.9 Å². The van der Waals surface area contributed by atoms with Crippen molar-refractivity contribution in [2.45, 2.75) is 25.8 Å². The molecule has 86 valence electrons. The molecule has 0 unspecified atom stereocenters. The molecule has 0 fully saturated rings. The molecule has 0 atom stereocenters. The molecule has 0 aliphatic rings. The summed E-state index contributed by atoms with van der Waals surface area (Å²) in [7, 11) is 0. The average Bonchev–Trinajstić information content (AvgIpc) is 2.68. The summed E-state index contributed by atoms with van der Waals surface area (Å²) in [6.07, 6.45) is 4.40. The zero-order valence-corrected chi connectivity index (χ0v) is 10.7. The van der Waals surface area contributed by atoms with Crippen molar-refractivity contribution in [3.63, 3.8) is 0 Å². The van der Waals surface area contributed by atoms with Crippen LogP contribution in [0.5, 0.6) is 0 Å². The first-order valence-electron chi connectivity index (χ1n) is 5.60. The average molecular weight is 234 g/mol. The molecule has 2 nitrogen and oxygen atoms in total. The second-order valence-electron chi connectivity index (χ2n) is 3.89. The number of hydrogen-bond donors (Lipinski definition) is 1. The van der Waals surface area contributed by atoms with Gasteiger partial charge in [-0.3, -0.25) is 0 Å². The molecule has 0 saturated carbocycles. The Labute approximate surface area is 101 Å². The van der Waals surface area contributed by atoms with E-state index in [9.17, 15) is 0 Å². The van der Waals surface area contributed by atoms with Crippen LogP contribution in [0, 0.1) is 0 Å². The highest BCUT2D eigenvalue weighted by atomic mass is 32.2. The Balaban J connectivity index is 2.68. The molecule has 0 aliphatic heterocycles. The van der Waals surface area contributed by atoms with Crippen LogP contribution < -0.4 is 5.73 Å². The molecule has 16 heavy (non-hydrogen) atoms. The zero-order valence-electron chi connectivity index (χ0n) is 9.86. The second kappa shape index (κ2) is 4.93. The monoisotopic (exact) mass is 234 g/mol. The molecule has 0 saturated heterocycles. The molecule has 0 amide bonds. The van der Waals surface area contributed by atoms with Crippen molar-refractivity contribution in [3.8, 4) is 0 Å². The molecule has 0 bridgehead atoms. The van der Waals surface area contributed by atoms with Gasteiger partial charge in [0, 0.05) is 30.4 Å². The number of aromatic nitrogens is 1. The van der Waals surface area contributed by atoms with Gasteiger partial charge >= 0.3 is 0 Å². The Morgan fingerprint density at radius 2 is 2.12 bits per heavy atom. The molecule has 2 aromatic rings. The Kier molecular flexibility index (Phi) is 3.56. The molecule has 2 N–H and O–H groups in total. The van der Waals surface area contributed by atoms with Gasteiger partial charge in [0.15, 0.2) is 0 Å². The quantitative estimate of drug-likeness (QED) is 0.881. The Bertz CT molecular complexity index is 488. The number of fused-ring (bicyclic) bond motifs is 1. The molecule has 1 heterocycles. The van der Waals surface area contributed by atoms with Crippen LogP contribution >= 0.6 is 11.8 Å². The lowest BCUT2D eigenvalue weighted by Gasteiger charge is -2.05. The SMILES string of the molecule is CCn1cc(CSC)c2cccc(CN)c21. The van der Waals surface area contributed by atoms with E-state index < -0.39 is 0 Å². The van der Waals surface area contributed by atoms with Crippen LogP contribution in [0.1, 0.15) is 18.1 Å². The van der Waals surface area contributed by atoms with Crippen LogP contribution in [0.3, 0.4) is 0 Å². The van der Waals surface area contributed by atoms with E-state index >= 15 is 0 Å². The molecular formula is C13H18N2S. The zero-order chi connectivity index (χ0) is 11.5. The maximum atomic E-state index is 5.80. The topological polar surface area (TPSA) is 30.9 Å². The van der Waals surface area contributed by atoms with Crippen molar-refractivity contribution in [2.24, 2.45) is 5.73 Å². The molecule has 1 aromatic heterocycles. The first-order chi connectivity index (χ1) is 7.81. The van der Waals surface area contributed by atoms with Gasteiger partial charge in [-0.1, -0.05) is 18.2 Å². The molecule has 0 spiro atoms. The fourth-order valence-electron chi connectivity index (χ4n) is 2.20. The van der Waals surface area contributed by atoms with E-state index in [1.165, 1.54) is 22.0 Å². The summed E-state index contributed by atoms with van der Waals surface area (Å²) < 4.78 is 2.31. The minimum absolute atomic E-state index is 0.611. The fourth-order valence-corrected chi connectivity index (χ4v) is 2.74. The number of nitrogens with two attached hydrogens (primary N) is 1. The predicted molar refractivity (Wildman–Crippen MR) is 72.7 cm³/mol. The lowest BCUT2D eigenvalue weighted by molar-refractivity contribution is 0.790. The number of nitrogens with zero attached hydrogens (tertiary/aromatic N) is 1. The van der Waals surface area contributed by atoms with Crippen LogP contribution in [-0.4, -0.2) is 10.8 Å². The van der Waals surface area contributed by atoms with Gasteiger partial charge in [0.1, 0.15) is 0 Å². The highest BCUT2D eigenvalue weighted by molar-refractivity contribution is 7.97. The summed E-state index contributed by atoms with van der Waals surface area (Å²) in [6, 6.07) is 6.43. The molecule has 3 heteroatoms. The van der Waals surface area contributed by atoms with Crippen LogP contribution in [0.15, 0.2) is 24.4 Å². The van der Waals surface area contributed by atoms with E-state index in [0.717, 1.165) is 12.3 Å². The lowest BCUT2D eigenvalue weighted by atomic mass is 10.1. The molecule has 0 radical (unpaired) electrons. The standard InChI is InChI=1S/C13H18N2S/c1-3-15-8-11(9-16-2)12-6-4-5-10(7-14)13(12)15/h4-6,8H,3,7,9,14H2,1-2H3. The predicted octanol–water partition coefficient (Wildman–Crippen LogP) is 2.98. The number of benzene rings is 1. The third-order valence-corrected chi connectivity index (χ3v) is 3.52. The van der Waals surface area contributed by atoms with E-state index in [0.29, 0.717) is 6.54 Å². The van der Waals surface area contributed by atoms with Crippen molar-refractivity contribution in [1.82, 2.24) is 4.57 Å². The van der Waals surface area contributed by atoms with Crippen molar-refractivity contribution in [3.05, 3.63) is 35.5 Å². The number of hydrogen-bond acceptors (Lipinski definition) is 2. The van der Waals surface area contributed by atoms with Crippen LogP contribution in [0.2, 0.25) is 0 Å². The van der Waals surface area contributed by atoms with Gasteiger partial charge in [0.2, 0.25) is 0 Å². The maximum absolute atomic E-state index is 5.80. The van der Waals surface area contributed by atoms with Crippen LogP contribution in [-0.2, 0) is 18.8 Å². The summed E-state index contributed by atoms with van der Waals surface area (Å²) in [4.78, 5) is 0. The Morgan fingerprint density at radius 3 is 2.75 bits per heavy atom. The van der Waals surface area contributed by atoms with Gasteiger partial charge in [-0.2, -0.15) is 11.8 Å². The smallest absolute Gasteiger partial charge is 0.0528 e. The summed E-state index contributed by atoms with van der Waals surface area (Å²) in [5.74, 6) is 1.07. The van der Waals surface area contributed by atoms with Crippen molar-refractivity contribution in [1.29, 1.82) is 0 Å². The number of thioether (sulfide) groups is 1. The number of rotatable bonds is 4. The summed E-state index contributed by atoms with van der Waals surface area (Å²) in [5, 5.41) is 1.36. The lowest BCUT2D eigenvalue weighted by Crippen LogP contribution is -2.00. The third-order valence-electron chi connectivity index (χ3n) is 2.92. The fraction of sp³-hybridized carbons (Fsp3) is 0.385. The van der Waals surface area contributed by atoms with Gasteiger partial charge in [-0.15, -0.1) is 0 Å². The number of para-hydroxylation sites is 1. The van der Waals surface area contributed by atoms with Crippen LogP contribution in [0.4, 0.5) is 0 Å². The highest BCUT2D eigenvalue weighted by Gasteiger charge is 2.09. The summed E-state index contributed by atoms with van der Waals surface area (Å²) in [5.41, 5.74) is 9.78. The molecular weight excluding hydrogens is 216 g/mol. The molecule has 2 rings (SSSR count). The normalized spacial score (nSPS) is 11.2. The second-order valence-corrected chi connectivity index (χ2v) is 4.76. The maximum Gasteiger partial charge on any atom is 0.0528 e. The minimum atomic E-state index is 0.611. The molecule has 0 aliphatic carbocycles. The Hall–Kier alpha value is -0.930. The van der Waals surface area contributed by atoms with Gasteiger partial charge < -0.3 is 10.3 Å². The largest absolute Gasteiger partial charge is 0.347 e. The van der Waals surface area contributed by atoms with Gasteiger partial charge in [0.05, 0.1) is 5.52 Å². The first-order valence-corrected chi connectivity index (χ1v) is 6.99. The number of aryl methyl sites for hydroxylation is 1. The van der Waals surface area contributed by atoms with Gasteiger partial charge in [0.25, 0.3) is 0 Å². The Morgan fingerprint density at radius 1 is 1.31 bits per heavy atom. The van der Waals surface area contributed by atoms with Gasteiger partial charge in [-0.25, -0.2) is 0 Å². The highest BCUT2D eigenvalue weighted by Crippen LogP contribution is 2.27. The third kappa shape index (κ3) is 1.85. The van der Waals surface area contributed by atoms with E-state index in [1.807, 2.05) is 11.8 Å². The van der Waals surface area contributed by atoms with Gasteiger partial charge in [-0.05, 0) is 24.3 Å². The van der Waals surface area contributed by atoms with E-state index in [2.05, 4.69) is 42.1 Å². The summed E-state index contributed by atoms with van der Waals surface area (Å²) >= 11 is 1.86. The van der Waals surface area contributed by atoms with Crippen molar-refractivity contribution in [2.75, 3.05) is 6.26 Å². The summed E-state index contributed by atoms with van der Waals surface area (Å²) in [6.45, 7) is 3.79. The minimum Gasteiger partial charge on any atom is -0.347 e. The van der Waals surface area contributed by atoms with Crippen molar-refractivity contribution < 1.29 is 0 Å².